The molecule has 146 valence electrons. The van der Waals surface area contributed by atoms with E-state index in [-0.39, 0.29) is 6.01 Å². The van der Waals surface area contributed by atoms with Crippen LogP contribution < -0.4 is 20.8 Å². The number of para-hydroxylation sites is 1. The van der Waals surface area contributed by atoms with Crippen LogP contribution in [0.3, 0.4) is 0 Å². The Morgan fingerprint density at radius 2 is 2.00 bits per heavy atom. The van der Waals surface area contributed by atoms with Gasteiger partial charge in [-0.3, -0.25) is 0 Å². The summed E-state index contributed by atoms with van der Waals surface area (Å²) in [6.45, 7) is 3.78. The van der Waals surface area contributed by atoms with Crippen molar-refractivity contribution >= 4 is 22.8 Å². The Balaban J connectivity index is 1.70. The smallest absolute Gasteiger partial charge is 0.371 e. The minimum Gasteiger partial charge on any atom is -0.464 e. The van der Waals surface area contributed by atoms with Crippen LogP contribution in [0, 0.1) is 0 Å². The molecule has 0 saturated carbocycles. The van der Waals surface area contributed by atoms with Gasteiger partial charge in [0.1, 0.15) is 0 Å². The van der Waals surface area contributed by atoms with Crippen molar-refractivity contribution in [3.8, 4) is 6.01 Å². The molecule has 1 unspecified atom stereocenters. The second-order valence-electron chi connectivity index (χ2n) is 5.86. The number of hydrogen-bond acceptors (Lipinski definition) is 7. The van der Waals surface area contributed by atoms with Crippen LogP contribution in [0.15, 0.2) is 34.0 Å². The van der Waals surface area contributed by atoms with Crippen LogP contribution in [0.25, 0.3) is 0 Å². The lowest BCUT2D eigenvalue weighted by Gasteiger charge is -2.20. The van der Waals surface area contributed by atoms with Crippen LogP contribution in [0.4, 0.5) is 10.5 Å². The zero-order chi connectivity index (χ0) is 19.4. The van der Waals surface area contributed by atoms with Crippen molar-refractivity contribution in [2.75, 3.05) is 24.6 Å². The number of rotatable bonds is 6. The number of amides is 1. The molecule has 1 aliphatic heterocycles. The largest absolute Gasteiger partial charge is 0.464 e. The molecule has 0 aliphatic carbocycles. The van der Waals surface area contributed by atoms with E-state index in [1.54, 1.807) is 19.1 Å². The average molecular weight is 395 g/mol. The number of aromatic nitrogens is 3. The third kappa shape index (κ3) is 4.03. The van der Waals surface area contributed by atoms with E-state index in [1.165, 1.54) is 7.05 Å². The van der Waals surface area contributed by atoms with Crippen LogP contribution in [0.1, 0.15) is 19.8 Å². The molecule has 0 bridgehead atoms. The first-order valence-corrected chi connectivity index (χ1v) is 9.62. The normalized spacial score (nSPS) is 15.0. The van der Waals surface area contributed by atoms with Gasteiger partial charge in [0.25, 0.3) is 0 Å². The molecule has 1 fully saturated rings. The number of nitrogens with zero attached hydrogens (tertiary/aromatic N) is 4. The Bertz CT molecular complexity index is 903. The van der Waals surface area contributed by atoms with E-state index >= 15 is 0 Å². The molecule has 1 aromatic heterocycles. The molecular weight excluding hydrogens is 374 g/mol. The molecular formula is C16H21N5O5S. The van der Waals surface area contributed by atoms with Gasteiger partial charge < -0.3 is 9.64 Å². The van der Waals surface area contributed by atoms with Crippen molar-refractivity contribution in [2.45, 2.75) is 24.7 Å². The van der Waals surface area contributed by atoms with E-state index in [1.807, 2.05) is 17.6 Å². The van der Waals surface area contributed by atoms with Crippen LogP contribution in [-0.2, 0) is 22.4 Å². The number of benzene rings is 1. The molecule has 27 heavy (non-hydrogen) atoms. The third-order valence-corrected chi connectivity index (χ3v) is 5.04. The minimum absolute atomic E-state index is 0.00171. The van der Waals surface area contributed by atoms with Gasteiger partial charge in [-0.05, 0) is 31.9 Å². The summed E-state index contributed by atoms with van der Waals surface area (Å²) in [6, 6.07) is 6.18. The Morgan fingerprint density at radius 3 is 2.70 bits per heavy atom. The van der Waals surface area contributed by atoms with Crippen molar-refractivity contribution in [3.63, 3.8) is 0 Å². The first-order chi connectivity index (χ1) is 13.0. The topological polar surface area (TPSA) is 108 Å². The summed E-state index contributed by atoms with van der Waals surface area (Å²) in [6.07, 6.45) is 2.15. The van der Waals surface area contributed by atoms with Gasteiger partial charge in [-0.2, -0.15) is 9.76 Å². The maximum atomic E-state index is 12.5. The van der Waals surface area contributed by atoms with Crippen LogP contribution in [0.5, 0.6) is 6.01 Å². The molecule has 1 N–H and O–H groups in total. The number of hydrogen-bond donors (Lipinski definition) is 1. The van der Waals surface area contributed by atoms with E-state index in [0.29, 0.717) is 16.2 Å². The van der Waals surface area contributed by atoms with E-state index in [4.69, 9.17) is 9.02 Å². The summed E-state index contributed by atoms with van der Waals surface area (Å²) in [5.74, 6) is 0. The lowest BCUT2D eigenvalue weighted by molar-refractivity contribution is 0.186. The van der Waals surface area contributed by atoms with E-state index < -0.39 is 22.8 Å². The number of ether oxygens (including phenoxy) is 1. The standard InChI is InChI=1S/C16H21N5O5S/c1-3-25-15-17-21(16(23)19(15)2)14(22)18-26-27(24)13-9-5-4-8-12(13)20-10-6-7-11-20/h4-5,8-9H,3,6-7,10-11H2,1-2H3,(H,18,22). The van der Waals surface area contributed by atoms with Gasteiger partial charge in [-0.25, -0.2) is 18.4 Å². The molecule has 11 heteroatoms. The highest BCUT2D eigenvalue weighted by Gasteiger charge is 2.21. The fourth-order valence-electron chi connectivity index (χ4n) is 2.79. The molecule has 1 amide bonds. The molecule has 2 aromatic rings. The predicted octanol–water partition coefficient (Wildman–Crippen LogP) is 0.793. The van der Waals surface area contributed by atoms with Gasteiger partial charge >= 0.3 is 17.7 Å². The third-order valence-electron chi connectivity index (χ3n) is 4.10. The number of nitrogens with one attached hydrogen (secondary N) is 1. The summed E-state index contributed by atoms with van der Waals surface area (Å²) in [4.78, 5) is 26.8. The highest BCUT2D eigenvalue weighted by Crippen LogP contribution is 2.27. The maximum Gasteiger partial charge on any atom is 0.371 e. The quantitative estimate of drug-likeness (QED) is 0.721. The van der Waals surface area contributed by atoms with Gasteiger partial charge in [0.05, 0.1) is 17.2 Å². The van der Waals surface area contributed by atoms with Crippen LogP contribution in [-0.4, -0.2) is 44.3 Å². The van der Waals surface area contributed by atoms with Gasteiger partial charge in [0, 0.05) is 20.1 Å². The van der Waals surface area contributed by atoms with Gasteiger partial charge in [0.2, 0.25) is 11.1 Å². The van der Waals surface area contributed by atoms with E-state index in [9.17, 15) is 13.8 Å². The second kappa shape index (κ2) is 8.35. The zero-order valence-corrected chi connectivity index (χ0v) is 15.9. The SMILES string of the molecule is CCOc1nn(C(=O)NOS(=O)c2ccccc2N2CCCC2)c(=O)n1C. The Kier molecular flexibility index (Phi) is 5.91. The molecule has 0 spiro atoms. The minimum atomic E-state index is -1.95. The summed E-state index contributed by atoms with van der Waals surface area (Å²) in [5.41, 5.74) is 2.11. The van der Waals surface area contributed by atoms with Gasteiger partial charge in [0.15, 0.2) is 0 Å². The molecule has 1 aliphatic rings. The highest BCUT2D eigenvalue weighted by molar-refractivity contribution is 7.80. The summed E-state index contributed by atoms with van der Waals surface area (Å²) in [5, 5.41) is 3.78. The van der Waals surface area contributed by atoms with E-state index in [0.717, 1.165) is 36.2 Å². The Labute approximate surface area is 158 Å². The predicted molar refractivity (Wildman–Crippen MR) is 97.9 cm³/mol. The van der Waals surface area contributed by atoms with Crippen molar-refractivity contribution in [1.29, 1.82) is 0 Å². The molecule has 2 heterocycles. The fourth-order valence-corrected chi connectivity index (χ4v) is 3.58. The number of carbonyl (C=O) groups excluding carboxylic acids is 1. The van der Waals surface area contributed by atoms with E-state index in [2.05, 4.69) is 10.00 Å². The second-order valence-corrected chi connectivity index (χ2v) is 6.93. The zero-order valence-electron chi connectivity index (χ0n) is 15.1. The summed E-state index contributed by atoms with van der Waals surface area (Å²) >= 11 is -1.95. The molecule has 1 saturated heterocycles. The van der Waals surface area contributed by atoms with Crippen molar-refractivity contribution < 1.29 is 18.0 Å². The van der Waals surface area contributed by atoms with Gasteiger partial charge in [-0.15, -0.1) is 9.78 Å². The monoisotopic (exact) mass is 395 g/mol. The molecule has 10 nitrogen and oxygen atoms in total. The van der Waals surface area contributed by atoms with Crippen molar-refractivity contribution in [2.24, 2.45) is 7.05 Å². The van der Waals surface area contributed by atoms with Crippen molar-refractivity contribution in [1.82, 2.24) is 19.8 Å². The Morgan fingerprint density at radius 1 is 1.30 bits per heavy atom. The molecule has 3 rings (SSSR count). The fraction of sp³-hybridized carbons (Fsp3) is 0.438. The van der Waals surface area contributed by atoms with Gasteiger partial charge in [-0.1, -0.05) is 12.1 Å². The molecule has 0 radical (unpaired) electrons. The number of hydroxylamine groups is 1. The maximum absolute atomic E-state index is 12.5. The molecule has 1 aromatic carbocycles. The Hall–Kier alpha value is -2.66. The molecule has 1 atom stereocenters. The van der Waals surface area contributed by atoms with Crippen LogP contribution >= 0.6 is 0 Å². The first kappa shape index (κ1) is 19.1. The number of anilines is 1. The summed E-state index contributed by atoms with van der Waals surface area (Å²) in [7, 11) is 1.43. The number of carbonyl (C=O) groups is 1. The average Bonchev–Trinajstić information content (AvgIpc) is 3.31. The summed E-state index contributed by atoms with van der Waals surface area (Å²) < 4.78 is 24.3. The first-order valence-electron chi connectivity index (χ1n) is 8.55. The lowest BCUT2D eigenvalue weighted by Crippen LogP contribution is -2.37. The highest BCUT2D eigenvalue weighted by atomic mass is 32.2. The van der Waals surface area contributed by atoms with Crippen molar-refractivity contribution in [3.05, 3.63) is 34.7 Å². The lowest BCUT2D eigenvalue weighted by atomic mass is 10.3. The van der Waals surface area contributed by atoms with Crippen LogP contribution in [0.2, 0.25) is 0 Å².